The summed E-state index contributed by atoms with van der Waals surface area (Å²) in [6.45, 7) is 0. The van der Waals surface area contributed by atoms with E-state index in [1.54, 1.807) is 0 Å². The molecule has 0 amide bonds. The zero-order chi connectivity index (χ0) is 13.1. The van der Waals surface area contributed by atoms with Crippen molar-refractivity contribution >= 4 is 47.8 Å². The first-order valence-electron chi connectivity index (χ1n) is 3.45. The molecular weight excluding hydrogens is 343 g/mol. The van der Waals surface area contributed by atoms with Gasteiger partial charge in [-0.1, -0.05) is 0 Å². The van der Waals surface area contributed by atoms with Crippen LogP contribution in [0, 0.1) is 0 Å². The van der Waals surface area contributed by atoms with Gasteiger partial charge in [-0.3, -0.25) is 0 Å². The Bertz CT molecular complexity index is 277. The van der Waals surface area contributed by atoms with Crippen molar-refractivity contribution in [2.45, 2.75) is 0 Å². The van der Waals surface area contributed by atoms with E-state index in [0.29, 0.717) is 24.3 Å². The van der Waals surface area contributed by atoms with E-state index in [9.17, 15) is 39.6 Å². The Kier molecular flexibility index (Phi) is 14.8. The van der Waals surface area contributed by atoms with Crippen molar-refractivity contribution in [3.8, 4) is 0 Å². The van der Waals surface area contributed by atoms with Crippen LogP contribution in [0.5, 0.6) is 0 Å². The fraction of sp³-hybridized carbons (Fsp3) is 0. The maximum Gasteiger partial charge on any atom is 4.00 e. The van der Waals surface area contributed by atoms with Gasteiger partial charge in [0.2, 0.25) is 0 Å². The van der Waals surface area contributed by atoms with Gasteiger partial charge >= 0.3 is 23.9 Å². The first-order chi connectivity index (χ1) is 7.25. The second-order valence-corrected chi connectivity index (χ2v) is 1.94. The molecule has 0 unspecified atom stereocenters. The Morgan fingerprint density at radius 2 is 0.647 bits per heavy atom. The van der Waals surface area contributed by atoms with Crippen LogP contribution in [0.25, 0.3) is 0 Å². The molecule has 9 heteroatoms. The largest absolute Gasteiger partial charge is 4.00 e. The van der Waals surface area contributed by atoms with Crippen LogP contribution in [-0.4, -0.2) is 47.8 Å². The van der Waals surface area contributed by atoms with Crippen LogP contribution in [-0.2, 0) is 19.2 Å². The average Bonchev–Trinajstić information content (AvgIpc) is 2.12. The first-order valence-corrected chi connectivity index (χ1v) is 3.45. The molecule has 88 valence electrons. The summed E-state index contributed by atoms with van der Waals surface area (Å²) in [4.78, 5) is 37.7. The average molecular weight is 347 g/mol. The molecule has 0 aromatic heterocycles. The quantitative estimate of drug-likeness (QED) is 0.358. The van der Waals surface area contributed by atoms with Crippen molar-refractivity contribution in [1.29, 1.82) is 0 Å². The molecule has 0 radical (unpaired) electrons. The molecule has 0 atom stereocenters. The Balaban J connectivity index is -0.000000218. The van der Waals surface area contributed by atoms with E-state index >= 15 is 0 Å². The number of hydrogen-bond donors (Lipinski definition) is 0. The number of rotatable bonds is 4. The minimum absolute atomic E-state index is 0. The van der Waals surface area contributed by atoms with E-state index in [1.807, 2.05) is 0 Å². The number of aliphatic carboxylic acids is 4. The van der Waals surface area contributed by atoms with Crippen molar-refractivity contribution in [3.05, 3.63) is 24.3 Å². The maximum atomic E-state index is 9.41. The zero-order valence-electron chi connectivity index (χ0n) is 8.08. The molecule has 0 N–H and O–H groups in total. The van der Waals surface area contributed by atoms with Crippen LogP contribution in [0.4, 0.5) is 0 Å². The van der Waals surface area contributed by atoms with Crippen LogP contribution in [0.3, 0.4) is 0 Å². The molecule has 0 aliphatic rings. The van der Waals surface area contributed by atoms with Crippen molar-refractivity contribution in [3.63, 3.8) is 0 Å². The molecule has 8 nitrogen and oxygen atoms in total. The molecule has 0 aromatic carbocycles. The van der Waals surface area contributed by atoms with Crippen LogP contribution < -0.4 is 20.4 Å². The predicted molar refractivity (Wildman–Crippen MR) is 44.1 cm³/mol. The van der Waals surface area contributed by atoms with E-state index in [1.165, 1.54) is 0 Å². The number of carboxylic acids is 4. The van der Waals surface area contributed by atoms with E-state index in [0.717, 1.165) is 0 Å². The molecule has 0 spiro atoms. The molecule has 0 heterocycles. The Morgan fingerprint density at radius 3 is 0.706 bits per heavy atom. The zero-order valence-corrected chi connectivity index (χ0v) is 10.9. The van der Waals surface area contributed by atoms with Gasteiger partial charge in [0.25, 0.3) is 0 Å². The van der Waals surface area contributed by atoms with Gasteiger partial charge < -0.3 is 39.6 Å². The summed E-state index contributed by atoms with van der Waals surface area (Å²) < 4.78 is 0. The van der Waals surface area contributed by atoms with Crippen molar-refractivity contribution in [2.75, 3.05) is 0 Å². The van der Waals surface area contributed by atoms with Gasteiger partial charge in [-0.25, -0.2) is 0 Å². The van der Waals surface area contributed by atoms with E-state index < -0.39 is 23.9 Å². The summed E-state index contributed by atoms with van der Waals surface area (Å²) in [5.74, 6) is -6.19. The summed E-state index contributed by atoms with van der Waals surface area (Å²) in [7, 11) is 0. The second-order valence-electron chi connectivity index (χ2n) is 1.94. The van der Waals surface area contributed by atoms with Crippen molar-refractivity contribution in [1.82, 2.24) is 0 Å². The molecule has 0 saturated carbocycles. The smallest absolute Gasteiger partial charge is 0.545 e. The molecule has 0 aromatic rings. The van der Waals surface area contributed by atoms with Gasteiger partial charge in [0.05, 0.1) is 23.9 Å². The van der Waals surface area contributed by atoms with E-state index in [-0.39, 0.29) is 23.9 Å². The van der Waals surface area contributed by atoms with Gasteiger partial charge in [-0.15, -0.1) is 0 Å². The van der Waals surface area contributed by atoms with Gasteiger partial charge in [0.15, 0.2) is 0 Å². The Labute approximate surface area is 112 Å². The summed E-state index contributed by atoms with van der Waals surface area (Å²) >= 11 is 0. The number of carbonyl (C=O) groups excluding carboxylic acids is 4. The summed E-state index contributed by atoms with van der Waals surface area (Å²) in [5, 5.41) is 37.7. The third-order valence-corrected chi connectivity index (χ3v) is 0.711. The first kappa shape index (κ1) is 20.6. The van der Waals surface area contributed by atoms with Gasteiger partial charge in [-0.2, -0.15) is 0 Å². The standard InChI is InChI=1S/2C4H4O4.Sn/c2*5-3(6)1-2-4(7)8;/h2*1-2H,(H,5,6)(H,7,8);/q;;+4/p-4. The van der Waals surface area contributed by atoms with Crippen LogP contribution in [0.2, 0.25) is 0 Å². The molecule has 0 aliphatic carbocycles. The molecule has 0 rings (SSSR count). The maximum absolute atomic E-state index is 9.41. The summed E-state index contributed by atoms with van der Waals surface area (Å²) in [6, 6.07) is 0. The van der Waals surface area contributed by atoms with Gasteiger partial charge in [0.1, 0.15) is 0 Å². The molecule has 0 aliphatic heterocycles. The number of carbonyl (C=O) groups is 4. The van der Waals surface area contributed by atoms with E-state index in [2.05, 4.69) is 0 Å². The van der Waals surface area contributed by atoms with Gasteiger partial charge in [0, 0.05) is 0 Å². The molecule has 0 bridgehead atoms. The van der Waals surface area contributed by atoms with Gasteiger partial charge in [-0.05, 0) is 24.3 Å². The summed E-state index contributed by atoms with van der Waals surface area (Å²) in [5.41, 5.74) is 0. The molecule has 0 fully saturated rings. The number of hydrogen-bond acceptors (Lipinski definition) is 8. The minimum atomic E-state index is -1.55. The fourth-order valence-corrected chi connectivity index (χ4v) is 0.272. The van der Waals surface area contributed by atoms with E-state index in [4.69, 9.17) is 0 Å². The molecule has 0 saturated heterocycles. The molecule has 17 heavy (non-hydrogen) atoms. The third kappa shape index (κ3) is 31.4. The van der Waals surface area contributed by atoms with Crippen molar-refractivity contribution < 1.29 is 39.6 Å². The minimum Gasteiger partial charge on any atom is -0.545 e. The van der Waals surface area contributed by atoms with Crippen LogP contribution in [0.15, 0.2) is 24.3 Å². The topological polar surface area (TPSA) is 161 Å². The van der Waals surface area contributed by atoms with Crippen LogP contribution >= 0.6 is 0 Å². The third-order valence-electron chi connectivity index (χ3n) is 0.711. The fourth-order valence-electron chi connectivity index (χ4n) is 0.272. The Hall–Kier alpha value is -1.84. The summed E-state index contributed by atoms with van der Waals surface area (Å²) in [6.07, 6.45) is 1.54. The monoisotopic (exact) mass is 348 g/mol. The predicted octanol–water partition coefficient (Wildman–Crippen LogP) is -6.30. The second kappa shape index (κ2) is 12.2. The Morgan fingerprint density at radius 1 is 0.529 bits per heavy atom. The molecular formula is C8H4O8Sn. The van der Waals surface area contributed by atoms with Crippen molar-refractivity contribution in [2.24, 2.45) is 0 Å². The number of carboxylic acid groups (broad SMARTS) is 4. The normalized spacial score (nSPS) is 8.94. The SMILES string of the molecule is O=C([O-])C=CC(=O)[O-].O=C([O-])C=CC(=O)[O-].[Sn+4]. The van der Waals surface area contributed by atoms with Crippen LogP contribution in [0.1, 0.15) is 0 Å².